The summed E-state index contributed by atoms with van der Waals surface area (Å²) >= 11 is 0. The minimum Gasteiger partial charge on any atom is -0.0845 e. The van der Waals surface area contributed by atoms with Crippen molar-refractivity contribution in [3.05, 3.63) is 22.8 Å². The van der Waals surface area contributed by atoms with Crippen LogP contribution in [0.2, 0.25) is 0 Å². The lowest BCUT2D eigenvalue weighted by Gasteiger charge is -2.41. The Kier molecular flexibility index (Phi) is 4.11. The van der Waals surface area contributed by atoms with Crippen LogP contribution in [0.25, 0.3) is 0 Å². The molecule has 0 heteroatoms. The van der Waals surface area contributed by atoms with E-state index < -0.39 is 0 Å². The average Bonchev–Trinajstić information content (AvgIpc) is 3.20. The van der Waals surface area contributed by atoms with Crippen molar-refractivity contribution in [1.29, 1.82) is 0 Å². The maximum atomic E-state index is 2.62. The first kappa shape index (κ1) is 14.4. The molecule has 0 heterocycles. The van der Waals surface area contributed by atoms with Gasteiger partial charge in [0.25, 0.3) is 0 Å². The van der Waals surface area contributed by atoms with Crippen LogP contribution in [-0.2, 0) is 0 Å². The van der Waals surface area contributed by atoms with Crippen molar-refractivity contribution in [3.63, 3.8) is 0 Å². The van der Waals surface area contributed by atoms with Crippen molar-refractivity contribution in [2.45, 2.75) is 85.0 Å². The average molecular weight is 272 g/mol. The summed E-state index contributed by atoms with van der Waals surface area (Å²) < 4.78 is 0. The lowest BCUT2D eigenvalue weighted by molar-refractivity contribution is 0.207. The molecule has 0 spiro atoms. The highest BCUT2D eigenvalue weighted by Crippen LogP contribution is 2.49. The lowest BCUT2D eigenvalue weighted by atomic mass is 9.64. The van der Waals surface area contributed by atoms with Gasteiger partial charge < -0.3 is 0 Å². The molecule has 0 aliphatic heterocycles. The van der Waals surface area contributed by atoms with E-state index in [0.29, 0.717) is 5.41 Å². The summed E-state index contributed by atoms with van der Waals surface area (Å²) in [4.78, 5) is 0. The molecule has 0 aromatic rings. The van der Waals surface area contributed by atoms with Gasteiger partial charge in [0.15, 0.2) is 0 Å². The van der Waals surface area contributed by atoms with Gasteiger partial charge in [-0.2, -0.15) is 0 Å². The molecule has 1 atom stereocenters. The predicted octanol–water partition coefficient (Wildman–Crippen LogP) is 6.43. The fourth-order valence-electron chi connectivity index (χ4n) is 4.31. The van der Waals surface area contributed by atoms with E-state index in [1.165, 1.54) is 64.2 Å². The molecule has 1 unspecified atom stereocenters. The van der Waals surface area contributed by atoms with Crippen molar-refractivity contribution in [3.8, 4) is 0 Å². The summed E-state index contributed by atoms with van der Waals surface area (Å²) in [7, 11) is 0. The summed E-state index contributed by atoms with van der Waals surface area (Å²) in [5.41, 5.74) is 5.90. The second-order valence-corrected chi connectivity index (χ2v) is 8.08. The highest BCUT2D eigenvalue weighted by Gasteiger charge is 2.35. The van der Waals surface area contributed by atoms with Crippen LogP contribution in [0.3, 0.4) is 0 Å². The molecule has 0 aromatic heterocycles. The van der Waals surface area contributed by atoms with Gasteiger partial charge in [-0.3, -0.25) is 0 Å². The van der Waals surface area contributed by atoms with E-state index in [-0.39, 0.29) is 0 Å². The Balaban J connectivity index is 1.61. The monoisotopic (exact) mass is 272 g/mol. The SMILES string of the molecule is CC1=C(CC(C)C2CC2)CCC=C(C2(C)CCC2)CC1. The van der Waals surface area contributed by atoms with Gasteiger partial charge in [0, 0.05) is 0 Å². The summed E-state index contributed by atoms with van der Waals surface area (Å²) in [6.07, 6.45) is 16.6. The van der Waals surface area contributed by atoms with Crippen molar-refractivity contribution < 1.29 is 0 Å². The molecule has 3 aliphatic carbocycles. The van der Waals surface area contributed by atoms with E-state index in [4.69, 9.17) is 0 Å². The number of hydrogen-bond donors (Lipinski definition) is 0. The summed E-state index contributed by atoms with van der Waals surface area (Å²) in [6.45, 7) is 7.40. The van der Waals surface area contributed by atoms with Crippen LogP contribution >= 0.6 is 0 Å². The normalized spacial score (nSPS) is 28.2. The zero-order chi connectivity index (χ0) is 14.2. The fraction of sp³-hybridized carbons (Fsp3) is 0.800. The van der Waals surface area contributed by atoms with Crippen LogP contribution in [0.5, 0.6) is 0 Å². The Morgan fingerprint density at radius 2 is 1.95 bits per heavy atom. The van der Waals surface area contributed by atoms with E-state index in [2.05, 4.69) is 26.8 Å². The fourth-order valence-corrected chi connectivity index (χ4v) is 4.31. The third-order valence-corrected chi connectivity index (χ3v) is 6.44. The van der Waals surface area contributed by atoms with Crippen molar-refractivity contribution >= 4 is 0 Å². The first-order valence-corrected chi connectivity index (χ1v) is 8.95. The van der Waals surface area contributed by atoms with Gasteiger partial charge >= 0.3 is 0 Å². The molecular formula is C20H32. The Bertz CT molecular complexity index is 415. The zero-order valence-electron chi connectivity index (χ0n) is 13.8. The van der Waals surface area contributed by atoms with Crippen LogP contribution in [0, 0.1) is 17.3 Å². The van der Waals surface area contributed by atoms with E-state index in [1.54, 1.807) is 16.7 Å². The number of hydrogen-bond acceptors (Lipinski definition) is 0. The molecule has 3 aliphatic rings. The standard InChI is InChI=1S/C20H32/c1-15-8-11-19(20(3)12-5-13-20)7-4-6-18(15)14-16(2)17-9-10-17/h7,16-17H,4-6,8-14H2,1-3H3. The second-order valence-electron chi connectivity index (χ2n) is 8.08. The third kappa shape index (κ3) is 3.05. The molecular weight excluding hydrogens is 240 g/mol. The number of rotatable bonds is 4. The van der Waals surface area contributed by atoms with Crippen LogP contribution < -0.4 is 0 Å². The molecule has 0 amide bonds. The zero-order valence-corrected chi connectivity index (χ0v) is 13.8. The Morgan fingerprint density at radius 1 is 1.20 bits per heavy atom. The Hall–Kier alpha value is -0.520. The maximum Gasteiger partial charge on any atom is -0.0116 e. The van der Waals surface area contributed by atoms with Gasteiger partial charge in [0.05, 0.1) is 0 Å². The molecule has 0 aromatic carbocycles. The van der Waals surface area contributed by atoms with Crippen LogP contribution in [0.1, 0.15) is 85.0 Å². The Labute approximate surface area is 125 Å². The van der Waals surface area contributed by atoms with E-state index in [1.807, 2.05) is 0 Å². The quantitative estimate of drug-likeness (QED) is 0.517. The first-order valence-electron chi connectivity index (χ1n) is 8.95. The molecule has 0 bridgehead atoms. The number of allylic oxidation sites excluding steroid dienone is 4. The molecule has 0 saturated heterocycles. The molecule has 0 radical (unpaired) electrons. The van der Waals surface area contributed by atoms with Gasteiger partial charge in [-0.1, -0.05) is 43.1 Å². The molecule has 0 nitrogen and oxygen atoms in total. The van der Waals surface area contributed by atoms with Gasteiger partial charge in [0.1, 0.15) is 0 Å². The summed E-state index contributed by atoms with van der Waals surface area (Å²) in [5, 5.41) is 0. The highest BCUT2D eigenvalue weighted by molar-refractivity contribution is 5.23. The van der Waals surface area contributed by atoms with Crippen LogP contribution in [0.15, 0.2) is 22.8 Å². The van der Waals surface area contributed by atoms with E-state index in [9.17, 15) is 0 Å². The van der Waals surface area contributed by atoms with Crippen molar-refractivity contribution in [2.24, 2.45) is 17.3 Å². The summed E-state index contributed by atoms with van der Waals surface area (Å²) in [5.74, 6) is 1.99. The molecule has 0 N–H and O–H groups in total. The first-order chi connectivity index (χ1) is 9.58. The maximum absolute atomic E-state index is 2.62. The van der Waals surface area contributed by atoms with Gasteiger partial charge in [0.2, 0.25) is 0 Å². The van der Waals surface area contributed by atoms with E-state index in [0.717, 1.165) is 11.8 Å². The highest BCUT2D eigenvalue weighted by atomic mass is 14.4. The van der Waals surface area contributed by atoms with Crippen molar-refractivity contribution in [1.82, 2.24) is 0 Å². The minimum absolute atomic E-state index is 0.582. The Morgan fingerprint density at radius 3 is 2.55 bits per heavy atom. The third-order valence-electron chi connectivity index (χ3n) is 6.44. The van der Waals surface area contributed by atoms with E-state index >= 15 is 0 Å². The van der Waals surface area contributed by atoms with Gasteiger partial charge in [-0.05, 0) is 82.0 Å². The molecule has 2 saturated carbocycles. The summed E-state index contributed by atoms with van der Waals surface area (Å²) in [6, 6.07) is 0. The van der Waals surface area contributed by atoms with Crippen molar-refractivity contribution in [2.75, 3.05) is 0 Å². The largest absolute Gasteiger partial charge is 0.0845 e. The van der Waals surface area contributed by atoms with Crippen LogP contribution in [-0.4, -0.2) is 0 Å². The lowest BCUT2D eigenvalue weighted by Crippen LogP contribution is -2.28. The predicted molar refractivity (Wildman–Crippen MR) is 87.7 cm³/mol. The van der Waals surface area contributed by atoms with Crippen LogP contribution in [0.4, 0.5) is 0 Å². The topological polar surface area (TPSA) is 0 Å². The molecule has 20 heavy (non-hydrogen) atoms. The van der Waals surface area contributed by atoms with Gasteiger partial charge in [-0.25, -0.2) is 0 Å². The minimum atomic E-state index is 0.582. The smallest absolute Gasteiger partial charge is 0.0116 e. The molecule has 112 valence electrons. The molecule has 3 rings (SSSR count). The second kappa shape index (κ2) is 5.70. The van der Waals surface area contributed by atoms with Gasteiger partial charge in [-0.15, -0.1) is 0 Å². The molecule has 2 fully saturated rings.